The van der Waals surface area contributed by atoms with Crippen molar-refractivity contribution in [1.82, 2.24) is 39.5 Å². The number of aromatic nitrogens is 6. The van der Waals surface area contributed by atoms with Gasteiger partial charge in [0.2, 0.25) is 0 Å². The minimum Gasteiger partial charge on any atom is -0.493 e. The van der Waals surface area contributed by atoms with Crippen LogP contribution in [0.1, 0.15) is 52.0 Å². The number of hydrogen-bond donors (Lipinski definition) is 2. The fourth-order valence-corrected chi connectivity index (χ4v) is 5.30. The van der Waals surface area contributed by atoms with E-state index in [9.17, 15) is 22.8 Å². The molecule has 3 N–H and O–H groups in total. The third kappa shape index (κ3) is 8.04. The van der Waals surface area contributed by atoms with Gasteiger partial charge < -0.3 is 25.4 Å². The highest BCUT2D eigenvalue weighted by Gasteiger charge is 2.38. The lowest BCUT2D eigenvalue weighted by Gasteiger charge is -2.23. The van der Waals surface area contributed by atoms with Gasteiger partial charge in [-0.15, -0.1) is 0 Å². The SMILES string of the molecule is CCOc1c(C(C)n2nc(-c3ccc(C(=O)N(C)C)nc3)c3c(N)ncnc32)cc(Cl)c(C)c1-c1ccc(C(=O)N(C)C)nc1.O=C(O)C(F)(F)F. The number of alkyl halides is 3. The van der Waals surface area contributed by atoms with Crippen LogP contribution in [0.25, 0.3) is 33.4 Å². The molecule has 0 fully saturated rings. The van der Waals surface area contributed by atoms with Crippen molar-refractivity contribution in [3.05, 3.63) is 76.6 Å². The largest absolute Gasteiger partial charge is 0.493 e. The number of nitrogen functional groups attached to an aromatic ring is 1. The van der Waals surface area contributed by atoms with E-state index < -0.39 is 18.2 Å². The Bertz CT molecular complexity index is 2120. The molecule has 274 valence electrons. The number of rotatable bonds is 8. The van der Waals surface area contributed by atoms with Crippen molar-refractivity contribution in [2.24, 2.45) is 0 Å². The molecule has 1 aromatic carbocycles. The number of amides is 2. The average molecular weight is 742 g/mol. The number of carboxylic acid groups (broad SMARTS) is 1. The normalized spacial score (nSPS) is 11.8. The van der Waals surface area contributed by atoms with Crippen LogP contribution in [0.4, 0.5) is 19.0 Å². The Morgan fingerprint density at radius 3 is 1.96 bits per heavy atom. The molecule has 18 heteroatoms. The van der Waals surface area contributed by atoms with Crippen LogP contribution in [0.15, 0.2) is 49.1 Å². The maximum absolute atomic E-state index is 12.5. The molecule has 4 aromatic heterocycles. The summed E-state index contributed by atoms with van der Waals surface area (Å²) in [7, 11) is 6.70. The number of ether oxygens (including phenoxy) is 1. The molecule has 14 nitrogen and oxygen atoms in total. The molecule has 0 aliphatic carbocycles. The first-order valence-corrected chi connectivity index (χ1v) is 15.9. The quantitative estimate of drug-likeness (QED) is 0.204. The van der Waals surface area contributed by atoms with Crippen LogP contribution in [0, 0.1) is 6.92 Å². The monoisotopic (exact) mass is 741 g/mol. The zero-order valence-corrected chi connectivity index (χ0v) is 29.9. The molecule has 2 amide bonds. The highest BCUT2D eigenvalue weighted by Crippen LogP contribution is 2.44. The maximum Gasteiger partial charge on any atom is 0.490 e. The first-order chi connectivity index (χ1) is 24.4. The third-order valence-corrected chi connectivity index (χ3v) is 8.10. The van der Waals surface area contributed by atoms with E-state index in [1.165, 1.54) is 16.1 Å². The molecule has 0 bridgehead atoms. The number of nitrogens with zero attached hydrogens (tertiary/aromatic N) is 8. The van der Waals surface area contributed by atoms with Crippen molar-refractivity contribution in [1.29, 1.82) is 0 Å². The third-order valence-electron chi connectivity index (χ3n) is 7.71. The van der Waals surface area contributed by atoms with Gasteiger partial charge in [0.15, 0.2) is 5.65 Å². The molecule has 4 heterocycles. The second-order valence-electron chi connectivity index (χ2n) is 11.7. The Morgan fingerprint density at radius 2 is 1.50 bits per heavy atom. The van der Waals surface area contributed by atoms with E-state index in [1.54, 1.807) is 63.5 Å². The second kappa shape index (κ2) is 15.6. The number of carbonyl (C=O) groups is 3. The number of nitrogens with two attached hydrogens (primary N) is 1. The van der Waals surface area contributed by atoms with Gasteiger partial charge >= 0.3 is 12.1 Å². The van der Waals surface area contributed by atoms with E-state index >= 15 is 0 Å². The molecule has 0 saturated carbocycles. The molecule has 1 atom stereocenters. The molecule has 5 rings (SSSR count). The lowest BCUT2D eigenvalue weighted by atomic mass is 9.94. The highest BCUT2D eigenvalue weighted by molar-refractivity contribution is 6.32. The molecular formula is C34H35ClF3N9O5. The predicted octanol–water partition coefficient (Wildman–Crippen LogP) is 5.54. The van der Waals surface area contributed by atoms with E-state index in [0.717, 1.165) is 22.3 Å². The van der Waals surface area contributed by atoms with Gasteiger partial charge in [-0.05, 0) is 50.6 Å². The zero-order chi connectivity index (χ0) is 38.7. The van der Waals surface area contributed by atoms with Crippen LogP contribution in [0.3, 0.4) is 0 Å². The van der Waals surface area contributed by atoms with Crippen LogP contribution in [0.5, 0.6) is 5.75 Å². The van der Waals surface area contributed by atoms with Gasteiger partial charge in [-0.3, -0.25) is 19.6 Å². The van der Waals surface area contributed by atoms with Gasteiger partial charge in [-0.25, -0.2) is 19.4 Å². The Hall–Kier alpha value is -5.84. The zero-order valence-electron chi connectivity index (χ0n) is 29.2. The molecule has 0 radical (unpaired) electrons. The number of anilines is 1. The van der Waals surface area contributed by atoms with Crippen LogP contribution in [-0.4, -0.2) is 103 Å². The van der Waals surface area contributed by atoms with Crippen molar-refractivity contribution < 1.29 is 37.4 Å². The summed E-state index contributed by atoms with van der Waals surface area (Å²) in [5.41, 5.74) is 11.8. The Balaban J connectivity index is 0.000000785. The molecule has 52 heavy (non-hydrogen) atoms. The Kier molecular flexibility index (Phi) is 11.7. The van der Waals surface area contributed by atoms with Crippen molar-refractivity contribution in [2.75, 3.05) is 40.5 Å². The summed E-state index contributed by atoms with van der Waals surface area (Å²) in [5.74, 6) is -2.29. The van der Waals surface area contributed by atoms with Crippen molar-refractivity contribution in [3.8, 4) is 28.1 Å². The Labute approximate surface area is 301 Å². The molecule has 0 aliphatic rings. The highest BCUT2D eigenvalue weighted by atomic mass is 35.5. The number of halogens is 4. The van der Waals surface area contributed by atoms with Gasteiger partial charge in [0.25, 0.3) is 11.8 Å². The summed E-state index contributed by atoms with van der Waals surface area (Å²) < 4.78 is 39.8. The van der Waals surface area contributed by atoms with Crippen LogP contribution in [-0.2, 0) is 4.79 Å². The van der Waals surface area contributed by atoms with E-state index in [4.69, 9.17) is 37.1 Å². The average Bonchev–Trinajstić information content (AvgIpc) is 3.50. The lowest BCUT2D eigenvalue weighted by molar-refractivity contribution is -0.192. The molecular weight excluding hydrogens is 707 g/mol. The van der Waals surface area contributed by atoms with Gasteiger partial charge in [0.05, 0.1) is 18.0 Å². The van der Waals surface area contributed by atoms with Gasteiger partial charge in [0.1, 0.15) is 35.0 Å². The summed E-state index contributed by atoms with van der Waals surface area (Å²) in [6, 6.07) is 8.39. The van der Waals surface area contributed by atoms with Gasteiger partial charge in [0, 0.05) is 67.9 Å². The van der Waals surface area contributed by atoms with E-state index in [-0.39, 0.29) is 17.6 Å². The minimum atomic E-state index is -5.08. The number of fused-ring (bicyclic) bond motifs is 1. The smallest absolute Gasteiger partial charge is 0.490 e. The van der Waals surface area contributed by atoms with Gasteiger partial charge in [-0.1, -0.05) is 17.7 Å². The summed E-state index contributed by atoms with van der Waals surface area (Å²) in [4.78, 5) is 54.3. The van der Waals surface area contributed by atoms with Gasteiger partial charge in [-0.2, -0.15) is 18.3 Å². The first-order valence-electron chi connectivity index (χ1n) is 15.5. The van der Waals surface area contributed by atoms with Crippen molar-refractivity contribution >= 4 is 46.2 Å². The summed E-state index contributed by atoms with van der Waals surface area (Å²) >= 11 is 6.85. The van der Waals surface area contributed by atoms with Crippen molar-refractivity contribution in [2.45, 2.75) is 33.0 Å². The molecule has 0 aliphatic heterocycles. The standard InChI is InChI=1S/C32H34ClN9O3.C2HF3O2/c1-8-45-28-21(13-22(33)17(2)25(28)19-9-11-23(35-14-19)31(43)40(4)5)18(3)42-30-26(29(34)37-16-38-30)27(39-42)20-10-12-24(36-15-20)32(44)41(6)7;3-2(4,5)1(6)7/h9-16,18H,8H2,1-7H3,(H2,34,37,38);(H,6,7). The summed E-state index contributed by atoms with van der Waals surface area (Å²) in [5, 5.41) is 13.2. The molecule has 0 spiro atoms. The lowest BCUT2D eigenvalue weighted by Crippen LogP contribution is -2.22. The maximum atomic E-state index is 12.5. The van der Waals surface area contributed by atoms with E-state index in [2.05, 4.69) is 19.9 Å². The fourth-order valence-electron chi connectivity index (χ4n) is 5.09. The molecule has 5 aromatic rings. The van der Waals surface area contributed by atoms with Crippen LogP contribution >= 0.6 is 11.6 Å². The summed E-state index contributed by atoms with van der Waals surface area (Å²) in [6.07, 6.45) is -0.452. The molecule has 1 unspecified atom stereocenters. The number of aliphatic carboxylic acids is 1. The minimum absolute atomic E-state index is 0.194. The van der Waals surface area contributed by atoms with E-state index in [1.807, 2.05) is 32.9 Å². The van der Waals surface area contributed by atoms with Crippen LogP contribution in [0.2, 0.25) is 5.02 Å². The molecule has 0 saturated heterocycles. The number of benzene rings is 1. The number of pyridine rings is 2. The predicted molar refractivity (Wildman–Crippen MR) is 187 cm³/mol. The summed E-state index contributed by atoms with van der Waals surface area (Å²) in [6.45, 7) is 6.19. The number of carbonyl (C=O) groups excluding carboxylic acids is 2. The first kappa shape index (κ1) is 39.0. The number of carboxylic acids is 1. The van der Waals surface area contributed by atoms with Crippen molar-refractivity contribution in [3.63, 3.8) is 0 Å². The second-order valence-corrected chi connectivity index (χ2v) is 12.1. The van der Waals surface area contributed by atoms with E-state index in [0.29, 0.717) is 51.1 Å². The topological polar surface area (TPSA) is 183 Å². The Morgan fingerprint density at radius 1 is 0.962 bits per heavy atom. The fraction of sp³-hybridized carbons (Fsp3) is 0.294. The number of hydrogen-bond acceptors (Lipinski definition) is 10. The van der Waals surface area contributed by atoms with Crippen LogP contribution < -0.4 is 10.5 Å².